The summed E-state index contributed by atoms with van der Waals surface area (Å²) in [4.78, 5) is 0. The van der Waals surface area contributed by atoms with Gasteiger partial charge in [-0.3, -0.25) is 0 Å². The summed E-state index contributed by atoms with van der Waals surface area (Å²) in [5.74, 6) is 2.09. The second-order valence-electron chi connectivity index (χ2n) is 5.08. The van der Waals surface area contributed by atoms with Gasteiger partial charge in [-0.1, -0.05) is 37.6 Å². The summed E-state index contributed by atoms with van der Waals surface area (Å²) in [6.07, 6.45) is 0. The Hall–Kier alpha value is -1.71. The molecule has 0 aliphatic heterocycles. The molecule has 0 bridgehead atoms. The molecule has 0 unspecified atom stereocenters. The van der Waals surface area contributed by atoms with Crippen molar-refractivity contribution in [2.75, 3.05) is 7.11 Å². The maximum atomic E-state index is 6.28. The smallest absolute Gasteiger partial charge is 0.146 e. The maximum Gasteiger partial charge on any atom is 0.146 e. The summed E-state index contributed by atoms with van der Waals surface area (Å²) in [5.41, 5.74) is 1.13. The van der Waals surface area contributed by atoms with Gasteiger partial charge in [0.2, 0.25) is 0 Å². The molecule has 0 heterocycles. The molecule has 0 spiro atoms. The molecule has 1 N–H and O–H groups in total. The van der Waals surface area contributed by atoms with E-state index in [1.54, 1.807) is 7.11 Å². The molecule has 0 amide bonds. The van der Waals surface area contributed by atoms with Gasteiger partial charge in [0, 0.05) is 18.7 Å². The quantitative estimate of drug-likeness (QED) is 0.843. The van der Waals surface area contributed by atoms with Crippen LogP contribution in [0.25, 0.3) is 0 Å². The number of ether oxygens (including phenoxy) is 2. The normalized spacial score (nSPS) is 10.7. The van der Waals surface area contributed by atoms with Crippen molar-refractivity contribution < 1.29 is 9.47 Å². The predicted octanol–water partition coefficient (Wildman–Crippen LogP) is 4.64. The van der Waals surface area contributed by atoms with Crippen LogP contribution in [0.3, 0.4) is 0 Å². The minimum atomic E-state index is 0.441. The molecule has 0 saturated carbocycles. The van der Waals surface area contributed by atoms with Crippen LogP contribution >= 0.6 is 11.6 Å². The molecular formula is C17H20ClNO2. The summed E-state index contributed by atoms with van der Waals surface area (Å²) in [5, 5.41) is 3.96. The zero-order valence-corrected chi connectivity index (χ0v) is 13.3. The zero-order valence-electron chi connectivity index (χ0n) is 12.5. The first-order valence-corrected chi connectivity index (χ1v) is 7.30. The third-order valence-corrected chi connectivity index (χ3v) is 3.28. The molecule has 2 aromatic carbocycles. The number of benzene rings is 2. The first-order chi connectivity index (χ1) is 10.1. The summed E-state index contributed by atoms with van der Waals surface area (Å²) < 4.78 is 11.0. The molecule has 4 heteroatoms. The fourth-order valence-corrected chi connectivity index (χ4v) is 2.09. The monoisotopic (exact) mass is 305 g/mol. The molecule has 0 aliphatic carbocycles. The largest absolute Gasteiger partial charge is 0.497 e. The molecule has 0 aromatic heterocycles. The second kappa shape index (κ2) is 7.34. The van der Waals surface area contributed by atoms with Gasteiger partial charge in [0.25, 0.3) is 0 Å². The first-order valence-electron chi connectivity index (χ1n) is 6.92. The van der Waals surface area contributed by atoms with E-state index in [4.69, 9.17) is 21.1 Å². The minimum Gasteiger partial charge on any atom is -0.497 e. The van der Waals surface area contributed by atoms with Crippen molar-refractivity contribution in [1.29, 1.82) is 0 Å². The fraction of sp³-hybridized carbons (Fsp3) is 0.294. The van der Waals surface area contributed by atoms with E-state index < -0.39 is 0 Å². The fourth-order valence-electron chi connectivity index (χ4n) is 1.85. The Bertz CT molecular complexity index is 599. The van der Waals surface area contributed by atoms with E-state index in [1.165, 1.54) is 0 Å². The topological polar surface area (TPSA) is 30.5 Å². The summed E-state index contributed by atoms with van der Waals surface area (Å²) in [6.45, 7) is 5.01. The van der Waals surface area contributed by atoms with Crippen LogP contribution in [0.5, 0.6) is 17.2 Å². The van der Waals surface area contributed by atoms with Gasteiger partial charge in [-0.15, -0.1) is 0 Å². The second-order valence-corrected chi connectivity index (χ2v) is 5.49. The van der Waals surface area contributed by atoms with Gasteiger partial charge in [0.05, 0.1) is 12.1 Å². The van der Waals surface area contributed by atoms with E-state index in [2.05, 4.69) is 19.2 Å². The molecule has 0 radical (unpaired) electrons. The standard InChI is InChI=1S/C17H20ClNO2/c1-12(2)19-11-13-7-8-17(16(18)9-13)21-15-6-4-5-14(10-15)20-3/h4-10,12,19H,11H2,1-3H3. The molecule has 3 nitrogen and oxygen atoms in total. The number of hydrogen-bond donors (Lipinski definition) is 1. The number of rotatable bonds is 6. The first kappa shape index (κ1) is 15.7. The van der Waals surface area contributed by atoms with E-state index in [1.807, 2.05) is 42.5 Å². The minimum absolute atomic E-state index is 0.441. The SMILES string of the molecule is COc1cccc(Oc2ccc(CNC(C)C)cc2Cl)c1. The van der Waals surface area contributed by atoms with E-state index in [0.717, 1.165) is 17.9 Å². The highest BCUT2D eigenvalue weighted by molar-refractivity contribution is 6.32. The molecule has 0 fully saturated rings. The Labute approximate surface area is 130 Å². The van der Waals surface area contributed by atoms with Gasteiger partial charge in [-0.2, -0.15) is 0 Å². The Morgan fingerprint density at radius 1 is 1.10 bits per heavy atom. The van der Waals surface area contributed by atoms with Gasteiger partial charge >= 0.3 is 0 Å². The summed E-state index contributed by atoms with van der Waals surface area (Å²) >= 11 is 6.28. The lowest BCUT2D eigenvalue weighted by molar-refractivity contribution is 0.409. The maximum absolute atomic E-state index is 6.28. The zero-order chi connectivity index (χ0) is 15.2. The molecule has 0 saturated heterocycles. The predicted molar refractivity (Wildman–Crippen MR) is 86.5 cm³/mol. The molecule has 0 aliphatic rings. The van der Waals surface area contributed by atoms with Gasteiger partial charge in [-0.25, -0.2) is 0 Å². The van der Waals surface area contributed by atoms with E-state index in [-0.39, 0.29) is 0 Å². The van der Waals surface area contributed by atoms with E-state index in [0.29, 0.717) is 22.6 Å². The van der Waals surface area contributed by atoms with Gasteiger partial charge in [-0.05, 0) is 29.8 Å². The van der Waals surface area contributed by atoms with Crippen LogP contribution in [-0.4, -0.2) is 13.2 Å². The van der Waals surface area contributed by atoms with Crippen LogP contribution in [0.15, 0.2) is 42.5 Å². The van der Waals surface area contributed by atoms with Crippen LogP contribution in [0.4, 0.5) is 0 Å². The van der Waals surface area contributed by atoms with Crippen molar-refractivity contribution >= 4 is 11.6 Å². The lowest BCUT2D eigenvalue weighted by atomic mass is 10.2. The van der Waals surface area contributed by atoms with Crippen LogP contribution in [-0.2, 0) is 6.54 Å². The summed E-state index contributed by atoms with van der Waals surface area (Å²) in [7, 11) is 1.63. The average Bonchev–Trinajstić information content (AvgIpc) is 2.48. The molecular weight excluding hydrogens is 286 g/mol. The Morgan fingerprint density at radius 3 is 2.52 bits per heavy atom. The molecule has 0 atom stereocenters. The number of hydrogen-bond acceptors (Lipinski definition) is 3. The van der Waals surface area contributed by atoms with Crippen molar-refractivity contribution in [3.8, 4) is 17.2 Å². The van der Waals surface area contributed by atoms with Crippen molar-refractivity contribution in [2.24, 2.45) is 0 Å². The van der Waals surface area contributed by atoms with E-state index >= 15 is 0 Å². The van der Waals surface area contributed by atoms with Crippen LogP contribution in [0.1, 0.15) is 19.4 Å². The molecule has 2 aromatic rings. The Balaban J connectivity index is 2.09. The van der Waals surface area contributed by atoms with Gasteiger partial charge in [0.1, 0.15) is 17.2 Å². The number of nitrogens with one attached hydrogen (secondary N) is 1. The summed E-state index contributed by atoms with van der Waals surface area (Å²) in [6, 6.07) is 13.7. The number of halogens is 1. The van der Waals surface area contributed by atoms with Gasteiger partial charge in [0.15, 0.2) is 0 Å². The number of methoxy groups -OCH3 is 1. The third kappa shape index (κ3) is 4.66. The van der Waals surface area contributed by atoms with E-state index in [9.17, 15) is 0 Å². The van der Waals surface area contributed by atoms with Crippen LogP contribution < -0.4 is 14.8 Å². The Kier molecular flexibility index (Phi) is 5.48. The highest BCUT2D eigenvalue weighted by atomic mass is 35.5. The highest BCUT2D eigenvalue weighted by Gasteiger charge is 2.06. The molecule has 2 rings (SSSR count). The van der Waals surface area contributed by atoms with Crippen LogP contribution in [0, 0.1) is 0 Å². The van der Waals surface area contributed by atoms with Crippen molar-refractivity contribution in [3.63, 3.8) is 0 Å². The molecule has 21 heavy (non-hydrogen) atoms. The third-order valence-electron chi connectivity index (χ3n) is 2.98. The van der Waals surface area contributed by atoms with Crippen molar-refractivity contribution in [3.05, 3.63) is 53.1 Å². The Morgan fingerprint density at radius 2 is 1.86 bits per heavy atom. The molecule has 112 valence electrons. The van der Waals surface area contributed by atoms with Gasteiger partial charge < -0.3 is 14.8 Å². The van der Waals surface area contributed by atoms with Crippen LogP contribution in [0.2, 0.25) is 5.02 Å². The van der Waals surface area contributed by atoms with Crippen molar-refractivity contribution in [2.45, 2.75) is 26.4 Å². The average molecular weight is 306 g/mol. The lowest BCUT2D eigenvalue weighted by Gasteiger charge is -2.11. The lowest BCUT2D eigenvalue weighted by Crippen LogP contribution is -2.21. The van der Waals surface area contributed by atoms with Crippen molar-refractivity contribution in [1.82, 2.24) is 5.32 Å². The highest BCUT2D eigenvalue weighted by Crippen LogP contribution is 2.31.